The fourth-order valence-corrected chi connectivity index (χ4v) is 0.783. The monoisotopic (exact) mass is 130 g/mol. The molecule has 1 fully saturated rings. The van der Waals surface area contributed by atoms with Gasteiger partial charge in [-0.2, -0.15) is 0 Å². The molecule has 0 spiro atoms. The molecule has 1 aliphatic heterocycles. The standard InChI is InChI=1S/C5H10N2O2/c1-9-7-4-2-6-3-5(4)8/h5-6,8H,2-3H2,1H3/b7-4-/t5-/m0/s1. The maximum absolute atomic E-state index is 9.05. The lowest BCUT2D eigenvalue weighted by molar-refractivity contribution is 0.200. The Morgan fingerprint density at radius 2 is 2.67 bits per heavy atom. The highest BCUT2D eigenvalue weighted by molar-refractivity contribution is 5.91. The van der Waals surface area contributed by atoms with E-state index in [0.29, 0.717) is 18.8 Å². The molecule has 0 unspecified atom stereocenters. The zero-order chi connectivity index (χ0) is 6.69. The van der Waals surface area contributed by atoms with Crippen molar-refractivity contribution in [3.63, 3.8) is 0 Å². The Morgan fingerprint density at radius 3 is 3.11 bits per heavy atom. The Hall–Kier alpha value is -0.610. The second-order valence-electron chi connectivity index (χ2n) is 1.91. The molecule has 0 amide bonds. The number of rotatable bonds is 1. The van der Waals surface area contributed by atoms with Crippen LogP contribution in [0.5, 0.6) is 0 Å². The van der Waals surface area contributed by atoms with Crippen molar-refractivity contribution in [3.05, 3.63) is 0 Å². The van der Waals surface area contributed by atoms with Crippen LogP contribution >= 0.6 is 0 Å². The van der Waals surface area contributed by atoms with Crippen LogP contribution in [0.2, 0.25) is 0 Å². The van der Waals surface area contributed by atoms with E-state index in [4.69, 9.17) is 5.11 Å². The molecule has 1 atom stereocenters. The number of β-amino-alcohol motifs (C(OH)–C–C–N with tert-alkyl or cyclic N) is 1. The van der Waals surface area contributed by atoms with Crippen LogP contribution in [0.15, 0.2) is 5.16 Å². The van der Waals surface area contributed by atoms with Crippen molar-refractivity contribution in [2.75, 3.05) is 20.2 Å². The summed E-state index contributed by atoms with van der Waals surface area (Å²) in [6, 6.07) is 0. The highest BCUT2D eigenvalue weighted by atomic mass is 16.6. The van der Waals surface area contributed by atoms with Gasteiger partial charge in [-0.15, -0.1) is 0 Å². The van der Waals surface area contributed by atoms with E-state index in [9.17, 15) is 0 Å². The molecule has 0 aliphatic carbocycles. The average molecular weight is 130 g/mol. The lowest BCUT2D eigenvalue weighted by atomic mass is 10.3. The van der Waals surface area contributed by atoms with Crippen LogP contribution in [0, 0.1) is 0 Å². The maximum atomic E-state index is 9.05. The second-order valence-corrected chi connectivity index (χ2v) is 1.91. The van der Waals surface area contributed by atoms with Crippen molar-refractivity contribution in [1.82, 2.24) is 5.32 Å². The van der Waals surface area contributed by atoms with Gasteiger partial charge in [-0.25, -0.2) is 0 Å². The molecule has 52 valence electrons. The Bertz CT molecular complexity index is 124. The lowest BCUT2D eigenvalue weighted by Crippen LogP contribution is -2.17. The second kappa shape index (κ2) is 2.80. The third-order valence-electron chi connectivity index (χ3n) is 1.24. The van der Waals surface area contributed by atoms with Gasteiger partial charge in [-0.3, -0.25) is 0 Å². The van der Waals surface area contributed by atoms with Gasteiger partial charge in [0.15, 0.2) is 0 Å². The van der Waals surface area contributed by atoms with Crippen LogP contribution < -0.4 is 5.32 Å². The lowest BCUT2D eigenvalue weighted by Gasteiger charge is -1.97. The SMILES string of the molecule is CO/N=C1/CNC[C@@H]1O. The van der Waals surface area contributed by atoms with Gasteiger partial charge in [0, 0.05) is 13.1 Å². The Balaban J connectivity index is 2.48. The van der Waals surface area contributed by atoms with Crippen LogP contribution in [0.25, 0.3) is 0 Å². The van der Waals surface area contributed by atoms with Crippen LogP contribution in [0.4, 0.5) is 0 Å². The van der Waals surface area contributed by atoms with Crippen molar-refractivity contribution in [2.45, 2.75) is 6.10 Å². The van der Waals surface area contributed by atoms with Gasteiger partial charge < -0.3 is 15.3 Å². The molecule has 1 aliphatic rings. The molecular formula is C5H10N2O2. The molecule has 1 saturated heterocycles. The number of oxime groups is 1. The number of aliphatic hydroxyl groups excluding tert-OH is 1. The molecule has 0 aromatic heterocycles. The molecule has 4 nitrogen and oxygen atoms in total. The van der Waals surface area contributed by atoms with Crippen LogP contribution in [-0.2, 0) is 4.84 Å². The third kappa shape index (κ3) is 1.40. The number of hydrogen-bond acceptors (Lipinski definition) is 4. The highest BCUT2D eigenvalue weighted by Crippen LogP contribution is 1.94. The quantitative estimate of drug-likeness (QED) is 0.445. The summed E-state index contributed by atoms with van der Waals surface area (Å²) >= 11 is 0. The molecule has 1 rings (SSSR count). The van der Waals surface area contributed by atoms with Gasteiger partial charge >= 0.3 is 0 Å². The molecule has 0 bridgehead atoms. The summed E-state index contributed by atoms with van der Waals surface area (Å²) in [5.74, 6) is 0. The van der Waals surface area contributed by atoms with E-state index in [1.807, 2.05) is 0 Å². The number of nitrogens with one attached hydrogen (secondary N) is 1. The molecule has 0 aromatic carbocycles. The van der Waals surface area contributed by atoms with E-state index in [-0.39, 0.29) is 0 Å². The van der Waals surface area contributed by atoms with Gasteiger partial charge in [0.25, 0.3) is 0 Å². The first-order chi connectivity index (χ1) is 4.34. The predicted octanol–water partition coefficient (Wildman–Crippen LogP) is -1.05. The largest absolute Gasteiger partial charge is 0.399 e. The zero-order valence-electron chi connectivity index (χ0n) is 5.29. The van der Waals surface area contributed by atoms with Crippen molar-refractivity contribution >= 4 is 5.71 Å². The first-order valence-electron chi connectivity index (χ1n) is 2.83. The number of nitrogens with zero attached hydrogens (tertiary/aromatic N) is 1. The van der Waals surface area contributed by atoms with Gasteiger partial charge in [0.2, 0.25) is 0 Å². The Kier molecular flexibility index (Phi) is 2.02. The maximum Gasteiger partial charge on any atom is 0.109 e. The summed E-state index contributed by atoms with van der Waals surface area (Å²) in [5, 5.41) is 15.6. The van der Waals surface area contributed by atoms with E-state index in [2.05, 4.69) is 15.3 Å². The molecule has 0 saturated carbocycles. The third-order valence-corrected chi connectivity index (χ3v) is 1.24. The first-order valence-corrected chi connectivity index (χ1v) is 2.83. The average Bonchev–Trinajstić information content (AvgIpc) is 2.18. The topological polar surface area (TPSA) is 53.8 Å². The van der Waals surface area contributed by atoms with Gasteiger partial charge in [-0.1, -0.05) is 5.16 Å². The van der Waals surface area contributed by atoms with E-state index < -0.39 is 6.10 Å². The predicted molar refractivity (Wildman–Crippen MR) is 33.3 cm³/mol. The fourth-order valence-electron chi connectivity index (χ4n) is 0.783. The first kappa shape index (κ1) is 6.51. The Morgan fingerprint density at radius 1 is 1.89 bits per heavy atom. The van der Waals surface area contributed by atoms with Crippen molar-refractivity contribution < 1.29 is 9.94 Å². The molecule has 1 heterocycles. The van der Waals surface area contributed by atoms with Gasteiger partial charge in [-0.05, 0) is 0 Å². The van der Waals surface area contributed by atoms with Gasteiger partial charge in [0.05, 0.1) is 0 Å². The molecule has 9 heavy (non-hydrogen) atoms. The minimum absolute atomic E-state index is 0.454. The van der Waals surface area contributed by atoms with Crippen LogP contribution in [0.1, 0.15) is 0 Å². The molecule has 0 radical (unpaired) electrons. The van der Waals surface area contributed by atoms with E-state index in [1.165, 1.54) is 7.11 Å². The summed E-state index contributed by atoms with van der Waals surface area (Å²) in [6.07, 6.45) is -0.454. The van der Waals surface area contributed by atoms with Crippen molar-refractivity contribution in [1.29, 1.82) is 0 Å². The highest BCUT2D eigenvalue weighted by Gasteiger charge is 2.19. The number of aliphatic hydroxyl groups is 1. The van der Waals surface area contributed by atoms with Crippen molar-refractivity contribution in [2.24, 2.45) is 5.16 Å². The zero-order valence-corrected chi connectivity index (χ0v) is 5.29. The van der Waals surface area contributed by atoms with Crippen molar-refractivity contribution in [3.8, 4) is 0 Å². The smallest absolute Gasteiger partial charge is 0.109 e. The molecule has 2 N–H and O–H groups in total. The molecular weight excluding hydrogens is 120 g/mol. The summed E-state index contributed by atoms with van der Waals surface area (Å²) in [4.78, 5) is 4.48. The Labute approximate surface area is 53.5 Å². The number of hydrogen-bond donors (Lipinski definition) is 2. The molecule has 4 heteroatoms. The normalized spacial score (nSPS) is 31.3. The van der Waals surface area contributed by atoms with E-state index in [0.717, 1.165) is 0 Å². The summed E-state index contributed by atoms with van der Waals surface area (Å²) in [5.41, 5.74) is 0.678. The van der Waals surface area contributed by atoms with E-state index in [1.54, 1.807) is 0 Å². The summed E-state index contributed by atoms with van der Waals surface area (Å²) < 4.78 is 0. The minimum Gasteiger partial charge on any atom is -0.399 e. The van der Waals surface area contributed by atoms with Crippen LogP contribution in [0.3, 0.4) is 0 Å². The molecule has 0 aromatic rings. The summed E-state index contributed by atoms with van der Waals surface area (Å²) in [7, 11) is 1.47. The van der Waals surface area contributed by atoms with Crippen LogP contribution in [-0.4, -0.2) is 37.1 Å². The fraction of sp³-hybridized carbons (Fsp3) is 0.800. The van der Waals surface area contributed by atoms with Gasteiger partial charge in [0.1, 0.15) is 18.9 Å². The summed E-state index contributed by atoms with van der Waals surface area (Å²) in [6.45, 7) is 1.22. The van der Waals surface area contributed by atoms with E-state index >= 15 is 0 Å². The minimum atomic E-state index is -0.454.